The number of hydrogen-bond acceptors (Lipinski definition) is 4. The summed E-state index contributed by atoms with van der Waals surface area (Å²) in [6, 6.07) is 1.34. The Hall–Kier alpha value is -1.33. The molecule has 5 nitrogen and oxygen atoms in total. The summed E-state index contributed by atoms with van der Waals surface area (Å²) in [6.07, 6.45) is 1.26. The monoisotopic (exact) mass is 244 g/mol. The van der Waals surface area contributed by atoms with Crippen LogP contribution in [0.4, 0.5) is 5.82 Å². The van der Waals surface area contributed by atoms with Gasteiger partial charge in [0.2, 0.25) is 0 Å². The van der Waals surface area contributed by atoms with Gasteiger partial charge in [0.15, 0.2) is 0 Å². The van der Waals surface area contributed by atoms with E-state index in [2.05, 4.69) is 10.3 Å². The highest BCUT2D eigenvalue weighted by Gasteiger charge is 2.18. The third-order valence-electron chi connectivity index (χ3n) is 1.95. The standard InChI is InChI=1S/C10H13ClN2O3/c1-10(2,5-14)13-8-3-6(9(15)16)7(11)4-12-8/h3-4,14H,5H2,1-2H3,(H,12,13)(H,15,16). The average molecular weight is 245 g/mol. The highest BCUT2D eigenvalue weighted by atomic mass is 35.5. The van der Waals surface area contributed by atoms with Crippen molar-refractivity contribution in [3.05, 3.63) is 22.8 Å². The van der Waals surface area contributed by atoms with Crippen molar-refractivity contribution in [1.29, 1.82) is 0 Å². The molecule has 1 heterocycles. The van der Waals surface area contributed by atoms with Crippen molar-refractivity contribution in [2.75, 3.05) is 11.9 Å². The lowest BCUT2D eigenvalue weighted by Crippen LogP contribution is -2.35. The molecule has 0 bridgehead atoms. The van der Waals surface area contributed by atoms with Crippen LogP contribution in [0.25, 0.3) is 0 Å². The van der Waals surface area contributed by atoms with Crippen LogP contribution in [0.2, 0.25) is 5.02 Å². The second-order valence-electron chi connectivity index (χ2n) is 4.02. The summed E-state index contributed by atoms with van der Waals surface area (Å²) in [5.41, 5.74) is -0.593. The van der Waals surface area contributed by atoms with E-state index in [0.717, 1.165) is 0 Å². The molecule has 0 saturated carbocycles. The van der Waals surface area contributed by atoms with E-state index in [0.29, 0.717) is 5.82 Å². The number of halogens is 1. The maximum Gasteiger partial charge on any atom is 0.337 e. The van der Waals surface area contributed by atoms with Crippen LogP contribution in [0.5, 0.6) is 0 Å². The van der Waals surface area contributed by atoms with E-state index < -0.39 is 11.5 Å². The maximum absolute atomic E-state index is 10.8. The number of hydrogen-bond donors (Lipinski definition) is 3. The molecule has 0 amide bonds. The number of aromatic carboxylic acids is 1. The smallest absolute Gasteiger partial charge is 0.337 e. The Balaban J connectivity index is 3.00. The molecule has 16 heavy (non-hydrogen) atoms. The first-order chi connectivity index (χ1) is 7.35. The van der Waals surface area contributed by atoms with Gasteiger partial charge in [-0.15, -0.1) is 0 Å². The van der Waals surface area contributed by atoms with Gasteiger partial charge in [-0.3, -0.25) is 0 Å². The molecule has 1 aromatic rings. The van der Waals surface area contributed by atoms with Crippen LogP contribution in [0.15, 0.2) is 12.3 Å². The Morgan fingerprint density at radius 3 is 2.75 bits per heavy atom. The third-order valence-corrected chi connectivity index (χ3v) is 2.25. The van der Waals surface area contributed by atoms with Crippen molar-refractivity contribution in [2.45, 2.75) is 19.4 Å². The lowest BCUT2D eigenvalue weighted by molar-refractivity contribution is 0.0697. The molecule has 0 aliphatic rings. The molecular weight excluding hydrogens is 232 g/mol. The Labute approximate surface area is 98.1 Å². The zero-order chi connectivity index (χ0) is 12.3. The highest BCUT2D eigenvalue weighted by Crippen LogP contribution is 2.20. The van der Waals surface area contributed by atoms with Crippen LogP contribution < -0.4 is 5.32 Å². The number of anilines is 1. The van der Waals surface area contributed by atoms with Crippen LogP contribution in [0.3, 0.4) is 0 Å². The molecule has 0 radical (unpaired) electrons. The topological polar surface area (TPSA) is 82.5 Å². The van der Waals surface area contributed by atoms with Gasteiger partial charge in [0.05, 0.1) is 22.7 Å². The van der Waals surface area contributed by atoms with Crippen LogP contribution in [0, 0.1) is 0 Å². The zero-order valence-corrected chi connectivity index (χ0v) is 9.75. The van der Waals surface area contributed by atoms with Crippen LogP contribution in [-0.4, -0.2) is 33.3 Å². The van der Waals surface area contributed by atoms with Crippen LogP contribution in [0.1, 0.15) is 24.2 Å². The van der Waals surface area contributed by atoms with Gasteiger partial charge in [-0.1, -0.05) is 11.6 Å². The number of nitrogens with one attached hydrogen (secondary N) is 1. The predicted octanol–water partition coefficient (Wildman–Crippen LogP) is 1.62. The summed E-state index contributed by atoms with van der Waals surface area (Å²) < 4.78 is 0. The number of aromatic nitrogens is 1. The van der Waals surface area contributed by atoms with Gasteiger partial charge in [0, 0.05) is 6.20 Å². The molecular formula is C10H13ClN2O3. The molecule has 3 N–H and O–H groups in total. The number of carboxylic acids is 1. The molecule has 0 fully saturated rings. The van der Waals surface area contributed by atoms with E-state index in [1.54, 1.807) is 13.8 Å². The molecule has 0 atom stereocenters. The van der Waals surface area contributed by atoms with Gasteiger partial charge >= 0.3 is 5.97 Å². The molecule has 0 aromatic carbocycles. The van der Waals surface area contributed by atoms with Crippen LogP contribution >= 0.6 is 11.6 Å². The second-order valence-corrected chi connectivity index (χ2v) is 4.43. The minimum absolute atomic E-state index is 0.0205. The molecule has 0 saturated heterocycles. The lowest BCUT2D eigenvalue weighted by Gasteiger charge is -2.24. The number of rotatable bonds is 4. The molecule has 0 spiro atoms. The average Bonchev–Trinajstić information content (AvgIpc) is 2.20. The molecule has 6 heteroatoms. The summed E-state index contributed by atoms with van der Waals surface area (Å²) >= 11 is 5.68. The van der Waals surface area contributed by atoms with Gasteiger partial charge in [-0.25, -0.2) is 9.78 Å². The summed E-state index contributed by atoms with van der Waals surface area (Å²) in [5, 5.41) is 20.9. The van der Waals surface area contributed by atoms with Crippen molar-refractivity contribution >= 4 is 23.4 Å². The van der Waals surface area contributed by atoms with Gasteiger partial charge < -0.3 is 15.5 Å². The van der Waals surface area contributed by atoms with E-state index in [-0.39, 0.29) is 17.2 Å². The van der Waals surface area contributed by atoms with E-state index in [9.17, 15) is 4.79 Å². The minimum atomic E-state index is -1.11. The van der Waals surface area contributed by atoms with Gasteiger partial charge in [-0.2, -0.15) is 0 Å². The minimum Gasteiger partial charge on any atom is -0.478 e. The fraction of sp³-hybridized carbons (Fsp3) is 0.400. The molecule has 1 rings (SSSR count). The van der Waals surface area contributed by atoms with Gasteiger partial charge in [0.1, 0.15) is 5.82 Å². The molecule has 0 aliphatic heterocycles. The number of pyridine rings is 1. The van der Waals surface area contributed by atoms with E-state index in [1.807, 2.05) is 0 Å². The van der Waals surface area contributed by atoms with Gasteiger partial charge in [0.25, 0.3) is 0 Å². The number of aliphatic hydroxyl groups excluding tert-OH is 1. The largest absolute Gasteiger partial charge is 0.478 e. The number of carboxylic acid groups (broad SMARTS) is 1. The zero-order valence-electron chi connectivity index (χ0n) is 8.99. The molecule has 0 aliphatic carbocycles. The van der Waals surface area contributed by atoms with E-state index in [4.69, 9.17) is 21.8 Å². The van der Waals surface area contributed by atoms with E-state index in [1.165, 1.54) is 12.3 Å². The number of carbonyl (C=O) groups is 1. The Morgan fingerprint density at radius 2 is 2.25 bits per heavy atom. The first kappa shape index (κ1) is 12.7. The SMILES string of the molecule is CC(C)(CO)Nc1cc(C(=O)O)c(Cl)cn1. The Morgan fingerprint density at radius 1 is 1.62 bits per heavy atom. The quantitative estimate of drug-likeness (QED) is 0.750. The molecule has 88 valence electrons. The fourth-order valence-electron chi connectivity index (χ4n) is 1.06. The normalized spacial score (nSPS) is 11.2. The summed E-state index contributed by atoms with van der Waals surface area (Å²) in [5.74, 6) is -0.752. The van der Waals surface area contributed by atoms with Crippen LogP contribution in [-0.2, 0) is 0 Å². The van der Waals surface area contributed by atoms with Crippen molar-refractivity contribution in [3.63, 3.8) is 0 Å². The summed E-state index contributed by atoms with van der Waals surface area (Å²) in [4.78, 5) is 14.8. The fourth-order valence-corrected chi connectivity index (χ4v) is 1.24. The molecule has 1 aromatic heterocycles. The molecule has 0 unspecified atom stereocenters. The van der Waals surface area contributed by atoms with Crippen molar-refractivity contribution in [3.8, 4) is 0 Å². The summed E-state index contributed by atoms with van der Waals surface area (Å²) in [6.45, 7) is 3.44. The maximum atomic E-state index is 10.8. The number of aliphatic hydroxyl groups is 1. The third kappa shape index (κ3) is 3.08. The first-order valence-corrected chi connectivity index (χ1v) is 5.01. The Kier molecular flexibility index (Phi) is 3.72. The Bertz CT molecular complexity index is 407. The van der Waals surface area contributed by atoms with E-state index >= 15 is 0 Å². The van der Waals surface area contributed by atoms with Crippen molar-refractivity contribution < 1.29 is 15.0 Å². The van der Waals surface area contributed by atoms with Gasteiger partial charge in [-0.05, 0) is 19.9 Å². The highest BCUT2D eigenvalue weighted by molar-refractivity contribution is 6.33. The van der Waals surface area contributed by atoms with Crippen molar-refractivity contribution in [1.82, 2.24) is 4.98 Å². The first-order valence-electron chi connectivity index (χ1n) is 4.63. The predicted molar refractivity (Wildman–Crippen MR) is 61.0 cm³/mol. The van der Waals surface area contributed by atoms with Crippen molar-refractivity contribution in [2.24, 2.45) is 0 Å². The number of nitrogens with zero attached hydrogens (tertiary/aromatic N) is 1. The second kappa shape index (κ2) is 4.67. The lowest BCUT2D eigenvalue weighted by atomic mass is 10.1. The summed E-state index contributed by atoms with van der Waals surface area (Å²) in [7, 11) is 0.